The summed E-state index contributed by atoms with van der Waals surface area (Å²) in [6, 6.07) is 9.19. The number of aliphatic hydroxyl groups is 2. The lowest BCUT2D eigenvalue weighted by atomic mass is 9.43. The number of benzene rings is 1. The van der Waals surface area contributed by atoms with Crippen LogP contribution in [-0.2, 0) is 19.1 Å². The van der Waals surface area contributed by atoms with Gasteiger partial charge in [-0.1, -0.05) is 31.6 Å². The molecule has 11 atom stereocenters. The highest BCUT2D eigenvalue weighted by Gasteiger charge is 2.81. The summed E-state index contributed by atoms with van der Waals surface area (Å²) in [5.41, 5.74) is 1.51. The summed E-state index contributed by atoms with van der Waals surface area (Å²) in [7, 11) is 0. The van der Waals surface area contributed by atoms with Gasteiger partial charge in [-0.15, -0.1) is 0 Å². The fourth-order valence-electron chi connectivity index (χ4n) is 10.8. The first-order valence-electron chi connectivity index (χ1n) is 15.6. The average Bonchev–Trinajstić information content (AvgIpc) is 3.61. The van der Waals surface area contributed by atoms with Crippen LogP contribution in [0.25, 0.3) is 5.57 Å². The number of aliphatic hydroxyl groups excluding tert-OH is 2. The standard InChI is InChI=1S/C35H41NO6/c1-18-13-28(41-32(40)24(18)17-37)19(2)25-9-10-26-23-15-30-35(42-30)29(38)14-22(21-7-5-20(16-36)6-8-21)31(39)34(35,4)27(23)11-12-33(25,26)3/h5-8,14,19,23,25-30,37-38H,9-13,15,17H2,1-4H3/t19-,23-,25+,26-,27-,28+,29-,30+,33+,34-,35+/m0/s1. The Hall–Kier alpha value is -2.79. The maximum atomic E-state index is 14.5. The van der Waals surface area contributed by atoms with E-state index in [0.717, 1.165) is 43.2 Å². The zero-order valence-electron chi connectivity index (χ0n) is 24.9. The lowest BCUT2D eigenvalue weighted by molar-refractivity contribution is -0.155. The second-order valence-corrected chi connectivity index (χ2v) is 14.4. The third-order valence-electron chi connectivity index (χ3n) is 13.0. The summed E-state index contributed by atoms with van der Waals surface area (Å²) >= 11 is 0. The van der Waals surface area contributed by atoms with Crippen molar-refractivity contribution in [1.82, 2.24) is 0 Å². The first-order chi connectivity index (χ1) is 20.0. The minimum atomic E-state index is -0.859. The van der Waals surface area contributed by atoms with Crippen molar-refractivity contribution < 1.29 is 29.3 Å². The number of esters is 1. The fourth-order valence-corrected chi connectivity index (χ4v) is 10.8. The maximum absolute atomic E-state index is 14.5. The third-order valence-corrected chi connectivity index (χ3v) is 13.0. The number of allylic oxidation sites excluding steroid dienone is 1. The van der Waals surface area contributed by atoms with Crippen LogP contribution >= 0.6 is 0 Å². The number of nitrogens with zero attached hydrogens (tertiary/aromatic N) is 1. The molecule has 0 amide bonds. The van der Waals surface area contributed by atoms with Gasteiger partial charge in [0.15, 0.2) is 5.78 Å². The van der Waals surface area contributed by atoms with Gasteiger partial charge in [-0.25, -0.2) is 4.79 Å². The first-order valence-corrected chi connectivity index (χ1v) is 15.6. The number of cyclic esters (lactones) is 1. The molecule has 0 bridgehead atoms. The zero-order chi connectivity index (χ0) is 29.8. The molecule has 1 aromatic carbocycles. The molecule has 222 valence electrons. The molecule has 7 heteroatoms. The van der Waals surface area contributed by atoms with Gasteiger partial charge in [0.25, 0.3) is 0 Å². The Bertz CT molecular complexity index is 1450. The molecular weight excluding hydrogens is 530 g/mol. The molecule has 7 rings (SSSR count). The second kappa shape index (κ2) is 9.35. The zero-order valence-corrected chi connectivity index (χ0v) is 24.9. The van der Waals surface area contributed by atoms with E-state index in [0.29, 0.717) is 40.9 Å². The minimum absolute atomic E-state index is 0.0530. The van der Waals surface area contributed by atoms with E-state index in [4.69, 9.17) is 9.47 Å². The summed E-state index contributed by atoms with van der Waals surface area (Å²) in [6.07, 6.45) is 6.07. The Kier molecular flexibility index (Phi) is 6.24. The van der Waals surface area contributed by atoms with Crippen molar-refractivity contribution in [1.29, 1.82) is 5.26 Å². The number of epoxide rings is 1. The average molecular weight is 572 g/mol. The SMILES string of the molecule is CC1=C(CO)C(=O)O[C@@H]([C@@H](C)[C@H]2CC[C@H]3[C@@H]4C[C@H]5O[C@]56[C@@H](O)C=C(c5ccc(C#N)cc5)C(=O)[C@]6(C)[C@H]4CC[C@]23C)C1. The highest BCUT2D eigenvalue weighted by Crippen LogP contribution is 2.73. The van der Waals surface area contributed by atoms with E-state index in [1.165, 1.54) is 0 Å². The van der Waals surface area contributed by atoms with Gasteiger partial charge in [0.1, 0.15) is 17.8 Å². The van der Waals surface area contributed by atoms with Crippen LogP contribution in [0.15, 0.2) is 41.5 Å². The first kappa shape index (κ1) is 28.0. The maximum Gasteiger partial charge on any atom is 0.336 e. The van der Waals surface area contributed by atoms with Crippen molar-refractivity contribution in [3.63, 3.8) is 0 Å². The quantitative estimate of drug-likeness (QED) is 0.395. The summed E-state index contributed by atoms with van der Waals surface area (Å²) in [6.45, 7) is 8.35. The van der Waals surface area contributed by atoms with Crippen LogP contribution in [0.2, 0.25) is 0 Å². The van der Waals surface area contributed by atoms with Crippen LogP contribution in [0, 0.1) is 51.8 Å². The molecular formula is C35H41NO6. The van der Waals surface area contributed by atoms with Crippen LogP contribution in [0.4, 0.5) is 0 Å². The molecule has 2 heterocycles. The van der Waals surface area contributed by atoms with Gasteiger partial charge in [0, 0.05) is 12.0 Å². The minimum Gasteiger partial charge on any atom is -0.458 e. The molecule has 0 radical (unpaired) electrons. The Labute approximate surface area is 247 Å². The lowest BCUT2D eigenvalue weighted by Crippen LogP contribution is -2.64. The van der Waals surface area contributed by atoms with E-state index in [2.05, 4.69) is 26.8 Å². The van der Waals surface area contributed by atoms with Crippen molar-refractivity contribution >= 4 is 17.3 Å². The second-order valence-electron chi connectivity index (χ2n) is 14.4. The molecule has 6 aliphatic rings. The van der Waals surface area contributed by atoms with E-state index >= 15 is 0 Å². The third kappa shape index (κ3) is 3.49. The van der Waals surface area contributed by atoms with E-state index in [9.17, 15) is 25.1 Å². The lowest BCUT2D eigenvalue weighted by Gasteiger charge is -2.58. The summed E-state index contributed by atoms with van der Waals surface area (Å²) < 4.78 is 12.3. The van der Waals surface area contributed by atoms with Crippen molar-refractivity contribution in [2.45, 2.75) is 90.1 Å². The van der Waals surface area contributed by atoms with Crippen LogP contribution in [0.5, 0.6) is 0 Å². The molecule has 42 heavy (non-hydrogen) atoms. The molecule has 3 saturated carbocycles. The predicted molar refractivity (Wildman–Crippen MR) is 154 cm³/mol. The number of ether oxygens (including phenoxy) is 2. The Morgan fingerprint density at radius 1 is 1.12 bits per heavy atom. The van der Waals surface area contributed by atoms with E-state index in [-0.39, 0.29) is 47.8 Å². The van der Waals surface area contributed by atoms with Crippen LogP contribution in [0.3, 0.4) is 0 Å². The molecule has 4 fully saturated rings. The number of fused-ring (bicyclic) bond motifs is 4. The van der Waals surface area contributed by atoms with E-state index in [1.807, 2.05) is 6.92 Å². The van der Waals surface area contributed by atoms with Crippen molar-refractivity contribution in [2.75, 3.05) is 6.61 Å². The molecule has 4 aliphatic carbocycles. The summed E-state index contributed by atoms with van der Waals surface area (Å²) in [5.74, 6) is 1.11. The highest BCUT2D eigenvalue weighted by atomic mass is 16.6. The van der Waals surface area contributed by atoms with Crippen molar-refractivity contribution in [3.8, 4) is 6.07 Å². The van der Waals surface area contributed by atoms with Gasteiger partial charge in [0.2, 0.25) is 0 Å². The highest BCUT2D eigenvalue weighted by molar-refractivity contribution is 6.25. The molecule has 0 aromatic heterocycles. The van der Waals surface area contributed by atoms with Crippen LogP contribution in [0.1, 0.15) is 77.3 Å². The Morgan fingerprint density at radius 3 is 2.52 bits per heavy atom. The topological polar surface area (TPSA) is 120 Å². The summed E-state index contributed by atoms with van der Waals surface area (Å²) in [4.78, 5) is 27.2. The van der Waals surface area contributed by atoms with Crippen LogP contribution < -0.4 is 0 Å². The number of rotatable bonds is 4. The van der Waals surface area contributed by atoms with Crippen LogP contribution in [-0.4, -0.2) is 52.5 Å². The van der Waals surface area contributed by atoms with Gasteiger partial charge in [-0.05, 0) is 105 Å². The van der Waals surface area contributed by atoms with Crippen molar-refractivity contribution in [2.24, 2.45) is 40.4 Å². The number of hydrogen-bond donors (Lipinski definition) is 2. The summed E-state index contributed by atoms with van der Waals surface area (Å²) in [5, 5.41) is 30.4. The number of ketones is 1. The smallest absolute Gasteiger partial charge is 0.336 e. The van der Waals surface area contributed by atoms with E-state index in [1.54, 1.807) is 30.3 Å². The van der Waals surface area contributed by atoms with Gasteiger partial charge in [-0.3, -0.25) is 4.79 Å². The largest absolute Gasteiger partial charge is 0.458 e. The molecule has 7 nitrogen and oxygen atoms in total. The molecule has 2 aliphatic heterocycles. The van der Waals surface area contributed by atoms with Gasteiger partial charge < -0.3 is 19.7 Å². The van der Waals surface area contributed by atoms with Crippen molar-refractivity contribution in [3.05, 3.63) is 52.6 Å². The Balaban J connectivity index is 1.18. The van der Waals surface area contributed by atoms with Gasteiger partial charge >= 0.3 is 5.97 Å². The number of carbonyl (C=O) groups excluding carboxylic acids is 2. The molecule has 0 unspecified atom stereocenters. The molecule has 1 saturated heterocycles. The number of Topliss-reactive ketones (excluding diaryl/α,β-unsaturated/α-hetero) is 1. The number of nitriles is 1. The van der Waals surface area contributed by atoms with Gasteiger partial charge in [0.05, 0.1) is 35.3 Å². The number of carbonyl (C=O) groups is 2. The van der Waals surface area contributed by atoms with Gasteiger partial charge in [-0.2, -0.15) is 5.26 Å². The number of hydrogen-bond acceptors (Lipinski definition) is 7. The monoisotopic (exact) mass is 571 g/mol. The Morgan fingerprint density at radius 2 is 1.86 bits per heavy atom. The molecule has 1 aromatic rings. The normalized spacial score (nSPS) is 44.6. The van der Waals surface area contributed by atoms with E-state index < -0.39 is 17.1 Å². The molecule has 1 spiro atoms. The molecule has 2 N–H and O–H groups in total. The fraction of sp³-hybridized carbons (Fsp3) is 0.629. The predicted octanol–water partition coefficient (Wildman–Crippen LogP) is 4.75.